The lowest BCUT2D eigenvalue weighted by molar-refractivity contribution is -0.113. The normalized spacial score (nSPS) is 11.3. The van der Waals surface area contributed by atoms with Gasteiger partial charge in [0, 0.05) is 11.8 Å². The van der Waals surface area contributed by atoms with Gasteiger partial charge in [-0.25, -0.2) is 4.98 Å². The maximum Gasteiger partial charge on any atom is 0.251 e. The number of carbonyl (C=O) groups excluding carboxylic acids is 1. The van der Waals surface area contributed by atoms with Crippen molar-refractivity contribution in [3.05, 3.63) is 45.9 Å². The molecule has 0 bridgehead atoms. The standard InChI is InChI=1S/C20H27N3O3S/c1-6-7-14-11-17(24)23-19(21-14)27-12-18(25)22-15-10-13(20(2,3)4)8-9-16(15)26-5/h8-11H,6-7,12H2,1-5H3,(H,22,25)(H,21,23,24). The van der Waals surface area contributed by atoms with Gasteiger partial charge in [-0.3, -0.25) is 9.59 Å². The third-order valence-electron chi connectivity index (χ3n) is 3.96. The fourth-order valence-electron chi connectivity index (χ4n) is 2.53. The summed E-state index contributed by atoms with van der Waals surface area (Å²) in [5.74, 6) is 0.562. The summed E-state index contributed by atoms with van der Waals surface area (Å²) in [6.45, 7) is 8.37. The largest absolute Gasteiger partial charge is 0.495 e. The second-order valence-electron chi connectivity index (χ2n) is 7.29. The van der Waals surface area contributed by atoms with Crippen LogP contribution in [0.5, 0.6) is 5.75 Å². The minimum Gasteiger partial charge on any atom is -0.495 e. The molecule has 0 spiro atoms. The number of carbonyl (C=O) groups is 1. The molecule has 7 heteroatoms. The van der Waals surface area contributed by atoms with Crippen LogP contribution in [0.3, 0.4) is 0 Å². The molecule has 6 nitrogen and oxygen atoms in total. The molecule has 2 rings (SSSR count). The zero-order valence-corrected chi connectivity index (χ0v) is 17.3. The number of amides is 1. The van der Waals surface area contributed by atoms with Crippen molar-refractivity contribution >= 4 is 23.4 Å². The molecule has 0 radical (unpaired) electrons. The number of H-pyrrole nitrogens is 1. The number of aryl methyl sites for hydroxylation is 1. The predicted molar refractivity (Wildman–Crippen MR) is 110 cm³/mol. The summed E-state index contributed by atoms with van der Waals surface area (Å²) >= 11 is 1.21. The van der Waals surface area contributed by atoms with E-state index >= 15 is 0 Å². The zero-order chi connectivity index (χ0) is 20.0. The molecule has 0 fully saturated rings. The van der Waals surface area contributed by atoms with Gasteiger partial charge in [0.1, 0.15) is 5.75 Å². The van der Waals surface area contributed by atoms with Gasteiger partial charge in [0.2, 0.25) is 5.91 Å². The van der Waals surface area contributed by atoms with Crippen LogP contribution in [0, 0.1) is 0 Å². The Morgan fingerprint density at radius 3 is 2.67 bits per heavy atom. The van der Waals surface area contributed by atoms with Gasteiger partial charge in [0.25, 0.3) is 5.56 Å². The number of ether oxygens (including phenoxy) is 1. The minimum absolute atomic E-state index is 0.0381. The van der Waals surface area contributed by atoms with Gasteiger partial charge in [0.15, 0.2) is 5.16 Å². The summed E-state index contributed by atoms with van der Waals surface area (Å²) in [4.78, 5) is 31.2. The third-order valence-corrected chi connectivity index (χ3v) is 4.83. The quantitative estimate of drug-likeness (QED) is 0.556. The number of thioether (sulfide) groups is 1. The predicted octanol–water partition coefficient (Wildman–Crippen LogP) is 3.76. The Hall–Kier alpha value is -2.28. The number of rotatable bonds is 7. The Morgan fingerprint density at radius 2 is 2.04 bits per heavy atom. The number of anilines is 1. The summed E-state index contributed by atoms with van der Waals surface area (Å²) in [7, 11) is 1.57. The van der Waals surface area contributed by atoms with Crippen LogP contribution in [-0.2, 0) is 16.6 Å². The average molecular weight is 390 g/mol. The maximum absolute atomic E-state index is 12.4. The van der Waals surface area contributed by atoms with Gasteiger partial charge in [-0.05, 0) is 29.5 Å². The molecule has 0 unspecified atom stereocenters. The zero-order valence-electron chi connectivity index (χ0n) is 16.5. The number of aromatic amines is 1. The highest BCUT2D eigenvalue weighted by molar-refractivity contribution is 7.99. The van der Waals surface area contributed by atoms with Crippen molar-refractivity contribution in [3.63, 3.8) is 0 Å². The van der Waals surface area contributed by atoms with Crippen LogP contribution < -0.4 is 15.6 Å². The van der Waals surface area contributed by atoms with Crippen molar-refractivity contribution in [3.8, 4) is 5.75 Å². The molecule has 0 saturated carbocycles. The second kappa shape index (κ2) is 9.08. The molecule has 2 aromatic rings. The molecule has 0 atom stereocenters. The molecular formula is C20H27N3O3S. The van der Waals surface area contributed by atoms with Gasteiger partial charge in [-0.1, -0.05) is 51.9 Å². The van der Waals surface area contributed by atoms with Gasteiger partial charge in [-0.2, -0.15) is 0 Å². The van der Waals surface area contributed by atoms with Crippen LogP contribution in [0.1, 0.15) is 45.4 Å². The number of benzene rings is 1. The number of aromatic nitrogens is 2. The van der Waals surface area contributed by atoms with Crippen molar-refractivity contribution in [2.75, 3.05) is 18.2 Å². The van der Waals surface area contributed by atoms with E-state index in [2.05, 4.69) is 36.1 Å². The van der Waals surface area contributed by atoms with Crippen molar-refractivity contribution in [2.45, 2.75) is 51.1 Å². The Morgan fingerprint density at radius 1 is 1.30 bits per heavy atom. The number of methoxy groups -OCH3 is 1. The summed E-state index contributed by atoms with van der Waals surface area (Å²) in [6, 6.07) is 7.29. The molecule has 0 aliphatic heterocycles. The summed E-state index contributed by atoms with van der Waals surface area (Å²) < 4.78 is 5.35. The molecule has 1 amide bonds. The average Bonchev–Trinajstić information content (AvgIpc) is 2.59. The van der Waals surface area contributed by atoms with Crippen LogP contribution in [0.4, 0.5) is 5.69 Å². The fraction of sp³-hybridized carbons (Fsp3) is 0.450. The summed E-state index contributed by atoms with van der Waals surface area (Å²) in [5, 5.41) is 3.35. The van der Waals surface area contributed by atoms with E-state index in [0.29, 0.717) is 16.6 Å². The van der Waals surface area contributed by atoms with Gasteiger partial charge < -0.3 is 15.0 Å². The van der Waals surface area contributed by atoms with Crippen LogP contribution in [0.25, 0.3) is 0 Å². The molecular weight excluding hydrogens is 362 g/mol. The fourth-order valence-corrected chi connectivity index (χ4v) is 3.22. The van der Waals surface area contributed by atoms with E-state index in [1.165, 1.54) is 17.8 Å². The van der Waals surface area contributed by atoms with Crippen molar-refractivity contribution in [1.82, 2.24) is 9.97 Å². The van der Waals surface area contributed by atoms with E-state index < -0.39 is 0 Å². The van der Waals surface area contributed by atoms with E-state index in [-0.39, 0.29) is 22.6 Å². The molecule has 0 aliphatic carbocycles. The lowest BCUT2D eigenvalue weighted by Crippen LogP contribution is -2.17. The monoisotopic (exact) mass is 389 g/mol. The van der Waals surface area contributed by atoms with E-state index in [4.69, 9.17) is 4.74 Å². The first kappa shape index (κ1) is 21.0. The Labute approximate surface area is 164 Å². The first-order valence-corrected chi connectivity index (χ1v) is 9.93. The lowest BCUT2D eigenvalue weighted by atomic mass is 9.87. The Kier molecular flexibility index (Phi) is 7.07. The van der Waals surface area contributed by atoms with E-state index in [0.717, 1.165) is 24.1 Å². The second-order valence-corrected chi connectivity index (χ2v) is 8.26. The number of hydrogen-bond acceptors (Lipinski definition) is 5. The highest BCUT2D eigenvalue weighted by Gasteiger charge is 2.17. The van der Waals surface area contributed by atoms with Gasteiger partial charge in [0.05, 0.1) is 18.6 Å². The Bertz CT molecular complexity index is 856. The summed E-state index contributed by atoms with van der Waals surface area (Å²) in [5.41, 5.74) is 2.24. The van der Waals surface area contributed by atoms with Crippen LogP contribution in [0.2, 0.25) is 0 Å². The first-order chi connectivity index (χ1) is 12.7. The highest BCUT2D eigenvalue weighted by atomic mass is 32.2. The Balaban J connectivity index is 2.09. The van der Waals surface area contributed by atoms with Crippen LogP contribution in [0.15, 0.2) is 34.2 Å². The third kappa shape index (κ3) is 6.13. The van der Waals surface area contributed by atoms with Gasteiger partial charge in [-0.15, -0.1) is 0 Å². The van der Waals surface area contributed by atoms with Crippen LogP contribution in [-0.4, -0.2) is 28.7 Å². The molecule has 1 aromatic heterocycles. The van der Waals surface area contributed by atoms with E-state index in [9.17, 15) is 9.59 Å². The minimum atomic E-state index is -0.198. The van der Waals surface area contributed by atoms with E-state index in [1.807, 2.05) is 25.1 Å². The van der Waals surface area contributed by atoms with E-state index in [1.54, 1.807) is 7.11 Å². The molecule has 27 heavy (non-hydrogen) atoms. The first-order valence-electron chi connectivity index (χ1n) is 8.94. The van der Waals surface area contributed by atoms with Crippen molar-refractivity contribution < 1.29 is 9.53 Å². The SMILES string of the molecule is CCCc1cc(=O)[nH]c(SCC(=O)Nc2cc(C(C)(C)C)ccc2OC)n1. The smallest absolute Gasteiger partial charge is 0.251 e. The molecule has 2 N–H and O–H groups in total. The van der Waals surface area contributed by atoms with Gasteiger partial charge >= 0.3 is 0 Å². The maximum atomic E-state index is 12.4. The molecule has 1 heterocycles. The topological polar surface area (TPSA) is 84.1 Å². The lowest BCUT2D eigenvalue weighted by Gasteiger charge is -2.21. The van der Waals surface area contributed by atoms with Crippen molar-refractivity contribution in [2.24, 2.45) is 0 Å². The number of nitrogens with zero attached hydrogens (tertiary/aromatic N) is 1. The highest BCUT2D eigenvalue weighted by Crippen LogP contribution is 2.31. The van der Waals surface area contributed by atoms with Crippen LogP contribution >= 0.6 is 11.8 Å². The molecule has 0 saturated heterocycles. The molecule has 0 aliphatic rings. The van der Waals surface area contributed by atoms with Crippen molar-refractivity contribution in [1.29, 1.82) is 0 Å². The number of hydrogen-bond donors (Lipinski definition) is 2. The summed E-state index contributed by atoms with van der Waals surface area (Å²) in [6.07, 6.45) is 1.64. The molecule has 1 aromatic carbocycles. The number of nitrogens with one attached hydrogen (secondary N) is 2. The molecule has 146 valence electrons.